The molecule has 0 atom stereocenters. The van der Waals surface area contributed by atoms with Gasteiger partial charge >= 0.3 is 0 Å². The number of benzene rings is 3. The van der Waals surface area contributed by atoms with E-state index in [1.807, 2.05) is 50.2 Å². The number of rotatable bonds is 9. The van der Waals surface area contributed by atoms with Gasteiger partial charge in [-0.25, -0.2) is 5.43 Å². The van der Waals surface area contributed by atoms with E-state index in [1.165, 1.54) is 12.7 Å². The predicted octanol–water partition coefficient (Wildman–Crippen LogP) is 4.75. The van der Waals surface area contributed by atoms with E-state index >= 15 is 0 Å². The quantitative estimate of drug-likeness (QED) is 0.402. The fourth-order valence-electron chi connectivity index (χ4n) is 2.87. The summed E-state index contributed by atoms with van der Waals surface area (Å²) in [5, 5.41) is 4.08. The third-order valence-electron chi connectivity index (χ3n) is 4.53. The second kappa shape index (κ2) is 10.8. The summed E-state index contributed by atoms with van der Waals surface area (Å²) in [6.07, 6.45) is 1.56. The van der Waals surface area contributed by atoms with Crippen molar-refractivity contribution >= 4 is 12.1 Å². The average Bonchev–Trinajstić information content (AvgIpc) is 2.80. The SMILES string of the molecule is CCOc1ccc(C(=O)N/N=C/c2ccccc2OCc2ccc(C)cc2)cc1OC. The molecule has 0 aliphatic heterocycles. The molecule has 3 aromatic rings. The van der Waals surface area contributed by atoms with Crippen molar-refractivity contribution in [1.82, 2.24) is 5.43 Å². The van der Waals surface area contributed by atoms with E-state index in [4.69, 9.17) is 14.2 Å². The fraction of sp³-hybridized carbons (Fsp3) is 0.200. The summed E-state index contributed by atoms with van der Waals surface area (Å²) in [4.78, 5) is 12.4. The largest absolute Gasteiger partial charge is 0.493 e. The summed E-state index contributed by atoms with van der Waals surface area (Å²) in [7, 11) is 1.53. The first kappa shape index (κ1) is 21.9. The Bertz CT molecular complexity index is 1050. The fourth-order valence-corrected chi connectivity index (χ4v) is 2.87. The number of hydrazone groups is 1. The van der Waals surface area contributed by atoms with Crippen LogP contribution in [0.4, 0.5) is 0 Å². The number of hydrogen-bond donors (Lipinski definition) is 1. The van der Waals surface area contributed by atoms with Crippen LogP contribution < -0.4 is 19.6 Å². The van der Waals surface area contributed by atoms with Crippen LogP contribution in [-0.2, 0) is 6.61 Å². The maximum absolute atomic E-state index is 12.4. The van der Waals surface area contributed by atoms with Crippen LogP contribution in [0, 0.1) is 6.92 Å². The molecule has 0 heterocycles. The van der Waals surface area contributed by atoms with Crippen molar-refractivity contribution in [3.63, 3.8) is 0 Å². The monoisotopic (exact) mass is 418 g/mol. The number of aryl methyl sites for hydroxylation is 1. The van der Waals surface area contributed by atoms with E-state index in [9.17, 15) is 4.79 Å². The molecule has 3 aromatic carbocycles. The van der Waals surface area contributed by atoms with Gasteiger partial charge in [0, 0.05) is 11.1 Å². The lowest BCUT2D eigenvalue weighted by Gasteiger charge is -2.10. The van der Waals surface area contributed by atoms with Crippen molar-refractivity contribution in [3.8, 4) is 17.2 Å². The topological polar surface area (TPSA) is 69.2 Å². The first-order valence-electron chi connectivity index (χ1n) is 10.0. The lowest BCUT2D eigenvalue weighted by molar-refractivity contribution is 0.0954. The Labute approximate surface area is 182 Å². The first-order valence-corrected chi connectivity index (χ1v) is 10.0. The van der Waals surface area contributed by atoms with E-state index in [-0.39, 0.29) is 5.91 Å². The van der Waals surface area contributed by atoms with Gasteiger partial charge in [-0.3, -0.25) is 4.79 Å². The highest BCUT2D eigenvalue weighted by molar-refractivity contribution is 5.95. The van der Waals surface area contributed by atoms with Gasteiger partial charge in [-0.05, 0) is 49.7 Å². The molecular formula is C25H26N2O4. The molecule has 6 nitrogen and oxygen atoms in total. The minimum Gasteiger partial charge on any atom is -0.493 e. The molecule has 6 heteroatoms. The molecule has 31 heavy (non-hydrogen) atoms. The normalized spacial score (nSPS) is 10.7. The zero-order valence-corrected chi connectivity index (χ0v) is 17.9. The van der Waals surface area contributed by atoms with Gasteiger partial charge in [0.25, 0.3) is 5.91 Å². The minimum atomic E-state index is -0.351. The Morgan fingerprint density at radius 1 is 0.968 bits per heavy atom. The van der Waals surface area contributed by atoms with Crippen LogP contribution in [0.3, 0.4) is 0 Å². The Kier molecular flexibility index (Phi) is 7.65. The first-order chi connectivity index (χ1) is 15.1. The van der Waals surface area contributed by atoms with Crippen LogP contribution in [0.15, 0.2) is 71.8 Å². The van der Waals surface area contributed by atoms with Crippen molar-refractivity contribution in [2.75, 3.05) is 13.7 Å². The summed E-state index contributed by atoms with van der Waals surface area (Å²) in [5.74, 6) is 1.41. The number of ether oxygens (including phenoxy) is 3. The second-order valence-electron chi connectivity index (χ2n) is 6.81. The Balaban J connectivity index is 1.64. The number of methoxy groups -OCH3 is 1. The number of para-hydroxylation sites is 1. The summed E-state index contributed by atoms with van der Waals surface area (Å²) < 4.78 is 16.7. The molecule has 0 fully saturated rings. The molecule has 0 bridgehead atoms. The van der Waals surface area contributed by atoms with Crippen LogP contribution in [-0.4, -0.2) is 25.8 Å². The summed E-state index contributed by atoms with van der Waals surface area (Å²) in [6.45, 7) is 4.90. The van der Waals surface area contributed by atoms with E-state index in [0.29, 0.717) is 36.0 Å². The molecule has 0 aliphatic rings. The summed E-state index contributed by atoms with van der Waals surface area (Å²) >= 11 is 0. The van der Waals surface area contributed by atoms with Gasteiger partial charge in [0.05, 0.1) is 19.9 Å². The van der Waals surface area contributed by atoms with Crippen LogP contribution in [0.1, 0.15) is 34.0 Å². The van der Waals surface area contributed by atoms with Crippen LogP contribution >= 0.6 is 0 Å². The van der Waals surface area contributed by atoms with Crippen molar-refractivity contribution in [2.45, 2.75) is 20.5 Å². The molecule has 160 valence electrons. The lowest BCUT2D eigenvalue weighted by Crippen LogP contribution is -2.17. The van der Waals surface area contributed by atoms with Crippen LogP contribution in [0.2, 0.25) is 0 Å². The molecular weight excluding hydrogens is 392 g/mol. The number of nitrogens with one attached hydrogen (secondary N) is 1. The van der Waals surface area contributed by atoms with Gasteiger partial charge in [0.1, 0.15) is 12.4 Å². The summed E-state index contributed by atoms with van der Waals surface area (Å²) in [5.41, 5.74) is 6.00. The minimum absolute atomic E-state index is 0.351. The van der Waals surface area contributed by atoms with Gasteiger partial charge < -0.3 is 14.2 Å². The lowest BCUT2D eigenvalue weighted by atomic mass is 10.1. The van der Waals surface area contributed by atoms with Gasteiger partial charge in [0.15, 0.2) is 11.5 Å². The number of carbonyl (C=O) groups is 1. The van der Waals surface area contributed by atoms with Gasteiger partial charge in [0.2, 0.25) is 0 Å². The third kappa shape index (κ3) is 6.09. The molecule has 1 amide bonds. The highest BCUT2D eigenvalue weighted by Crippen LogP contribution is 2.28. The van der Waals surface area contributed by atoms with E-state index in [2.05, 4.69) is 22.7 Å². The molecule has 0 spiro atoms. The maximum Gasteiger partial charge on any atom is 0.271 e. The molecule has 0 aromatic heterocycles. The van der Waals surface area contributed by atoms with Gasteiger partial charge in [-0.15, -0.1) is 0 Å². The van der Waals surface area contributed by atoms with Crippen molar-refractivity contribution in [1.29, 1.82) is 0 Å². The highest BCUT2D eigenvalue weighted by atomic mass is 16.5. The van der Waals surface area contributed by atoms with E-state index < -0.39 is 0 Å². The van der Waals surface area contributed by atoms with Gasteiger partial charge in [-0.1, -0.05) is 42.0 Å². The molecule has 0 radical (unpaired) electrons. The van der Waals surface area contributed by atoms with Crippen LogP contribution in [0.5, 0.6) is 17.2 Å². The zero-order valence-electron chi connectivity index (χ0n) is 17.9. The zero-order chi connectivity index (χ0) is 22.1. The van der Waals surface area contributed by atoms with Crippen molar-refractivity contribution < 1.29 is 19.0 Å². The third-order valence-corrected chi connectivity index (χ3v) is 4.53. The Morgan fingerprint density at radius 2 is 1.74 bits per heavy atom. The standard InChI is InChI=1S/C25H26N2O4/c1-4-30-23-14-13-20(15-24(23)29-3)25(28)27-26-16-21-7-5-6-8-22(21)31-17-19-11-9-18(2)10-12-19/h5-16H,4,17H2,1-3H3,(H,27,28)/b26-16+. The Morgan fingerprint density at radius 3 is 2.48 bits per heavy atom. The van der Waals surface area contributed by atoms with E-state index in [1.54, 1.807) is 24.4 Å². The number of carbonyl (C=O) groups excluding carboxylic acids is 1. The molecule has 3 rings (SSSR count). The molecule has 1 N–H and O–H groups in total. The number of nitrogens with zero attached hydrogens (tertiary/aromatic N) is 1. The van der Waals surface area contributed by atoms with E-state index in [0.717, 1.165) is 11.1 Å². The molecule has 0 aliphatic carbocycles. The highest BCUT2D eigenvalue weighted by Gasteiger charge is 2.10. The maximum atomic E-state index is 12.4. The molecule has 0 saturated heterocycles. The second-order valence-corrected chi connectivity index (χ2v) is 6.81. The van der Waals surface area contributed by atoms with Crippen molar-refractivity contribution in [3.05, 3.63) is 89.0 Å². The molecule has 0 saturated carbocycles. The molecule has 0 unspecified atom stereocenters. The van der Waals surface area contributed by atoms with Crippen LogP contribution in [0.25, 0.3) is 0 Å². The number of hydrogen-bond acceptors (Lipinski definition) is 5. The smallest absolute Gasteiger partial charge is 0.271 e. The van der Waals surface area contributed by atoms with Gasteiger partial charge in [-0.2, -0.15) is 5.10 Å². The predicted molar refractivity (Wildman–Crippen MR) is 121 cm³/mol. The number of amides is 1. The van der Waals surface area contributed by atoms with Crippen molar-refractivity contribution in [2.24, 2.45) is 5.10 Å². The Hall–Kier alpha value is -3.80. The average molecular weight is 418 g/mol. The summed E-state index contributed by atoms with van der Waals surface area (Å²) in [6, 6.07) is 20.7.